The molecule has 0 heterocycles. The molecule has 88 valence electrons. The van der Waals surface area contributed by atoms with E-state index in [0.717, 1.165) is 0 Å². The number of phenols is 1. The maximum absolute atomic E-state index is 11.1. The summed E-state index contributed by atoms with van der Waals surface area (Å²) in [6.07, 6.45) is 0. The van der Waals surface area contributed by atoms with Crippen molar-refractivity contribution in [3.8, 4) is 11.5 Å². The summed E-state index contributed by atoms with van der Waals surface area (Å²) in [6, 6.07) is 4.14. The highest BCUT2D eigenvalue weighted by Crippen LogP contribution is 2.26. The van der Waals surface area contributed by atoms with E-state index in [9.17, 15) is 9.90 Å². The van der Waals surface area contributed by atoms with Crippen molar-refractivity contribution in [2.45, 2.75) is 19.6 Å². The van der Waals surface area contributed by atoms with Crippen LogP contribution in [0.4, 0.5) is 0 Å². The highest BCUT2D eigenvalue weighted by Gasteiger charge is 2.09. The number of carbonyl (C=O) groups is 1. The van der Waals surface area contributed by atoms with Gasteiger partial charge in [-0.25, -0.2) is 0 Å². The molecule has 0 aliphatic heterocycles. The molecule has 0 radical (unpaired) electrons. The van der Waals surface area contributed by atoms with E-state index in [0.29, 0.717) is 11.3 Å². The molecule has 1 rings (SSSR count). The third-order valence-corrected chi connectivity index (χ3v) is 2.00. The Hall–Kier alpha value is -1.75. The second-order valence-electron chi connectivity index (χ2n) is 3.40. The van der Waals surface area contributed by atoms with E-state index < -0.39 is 12.0 Å². The average Bonchev–Trinajstić information content (AvgIpc) is 2.25. The Kier molecular flexibility index (Phi) is 4.13. The quantitative estimate of drug-likeness (QED) is 0.740. The summed E-state index contributed by atoms with van der Waals surface area (Å²) >= 11 is 0. The molecule has 16 heavy (non-hydrogen) atoms. The molecular weight excluding hydrogens is 210 g/mol. The van der Waals surface area contributed by atoms with Crippen molar-refractivity contribution in [1.29, 1.82) is 0 Å². The molecule has 1 aromatic rings. The van der Waals surface area contributed by atoms with E-state index in [4.69, 9.17) is 15.2 Å². The molecule has 3 N–H and O–H groups in total. The van der Waals surface area contributed by atoms with Crippen LogP contribution in [0.3, 0.4) is 0 Å². The number of hydrogen-bond acceptors (Lipinski definition) is 5. The number of benzene rings is 1. The third-order valence-electron chi connectivity index (χ3n) is 2.00. The van der Waals surface area contributed by atoms with Crippen molar-refractivity contribution in [3.05, 3.63) is 23.8 Å². The lowest BCUT2D eigenvalue weighted by Crippen LogP contribution is -2.28. The summed E-state index contributed by atoms with van der Waals surface area (Å²) in [6.45, 7) is 1.63. The fourth-order valence-corrected chi connectivity index (χ4v) is 1.11. The first-order chi connectivity index (χ1) is 7.54. The van der Waals surface area contributed by atoms with Crippen LogP contribution in [-0.2, 0) is 16.1 Å². The number of hydrogen-bond donors (Lipinski definition) is 2. The zero-order chi connectivity index (χ0) is 12.1. The Labute approximate surface area is 93.8 Å². The van der Waals surface area contributed by atoms with Gasteiger partial charge in [-0.2, -0.15) is 0 Å². The van der Waals surface area contributed by atoms with Crippen LogP contribution < -0.4 is 10.5 Å². The van der Waals surface area contributed by atoms with Crippen LogP contribution >= 0.6 is 0 Å². The first-order valence-electron chi connectivity index (χ1n) is 4.82. The molecule has 0 saturated heterocycles. The molecule has 0 aliphatic carbocycles. The molecular formula is C11H15NO4. The monoisotopic (exact) mass is 225 g/mol. The highest BCUT2D eigenvalue weighted by molar-refractivity contribution is 5.74. The highest BCUT2D eigenvalue weighted by atomic mass is 16.5. The van der Waals surface area contributed by atoms with E-state index >= 15 is 0 Å². The van der Waals surface area contributed by atoms with Gasteiger partial charge in [-0.15, -0.1) is 0 Å². The number of ether oxygens (including phenoxy) is 2. The zero-order valence-electron chi connectivity index (χ0n) is 9.27. The molecule has 5 heteroatoms. The van der Waals surface area contributed by atoms with Crippen LogP contribution in [0.25, 0.3) is 0 Å². The van der Waals surface area contributed by atoms with Gasteiger partial charge < -0.3 is 20.3 Å². The topological polar surface area (TPSA) is 81.8 Å². The van der Waals surface area contributed by atoms with Gasteiger partial charge in [0.05, 0.1) is 7.11 Å². The summed E-state index contributed by atoms with van der Waals surface area (Å²) in [5.41, 5.74) is 6.01. The van der Waals surface area contributed by atoms with E-state index in [1.165, 1.54) is 13.2 Å². The Morgan fingerprint density at radius 1 is 1.56 bits per heavy atom. The van der Waals surface area contributed by atoms with Crippen LogP contribution in [0, 0.1) is 0 Å². The molecule has 0 fully saturated rings. The molecule has 0 bridgehead atoms. The molecule has 1 aromatic carbocycles. The predicted molar refractivity (Wildman–Crippen MR) is 58.1 cm³/mol. The van der Waals surface area contributed by atoms with E-state index in [2.05, 4.69) is 0 Å². The van der Waals surface area contributed by atoms with Crippen molar-refractivity contribution in [3.63, 3.8) is 0 Å². The van der Waals surface area contributed by atoms with Gasteiger partial charge in [0.25, 0.3) is 0 Å². The minimum atomic E-state index is -0.646. The molecule has 1 atom stereocenters. The second kappa shape index (κ2) is 5.37. The van der Waals surface area contributed by atoms with Crippen molar-refractivity contribution >= 4 is 5.97 Å². The number of rotatable bonds is 4. The van der Waals surface area contributed by atoms with Crippen molar-refractivity contribution in [1.82, 2.24) is 0 Å². The molecule has 0 spiro atoms. The summed E-state index contributed by atoms with van der Waals surface area (Å²) < 4.78 is 9.79. The van der Waals surface area contributed by atoms with Gasteiger partial charge in [-0.3, -0.25) is 4.79 Å². The summed E-state index contributed by atoms with van der Waals surface area (Å²) in [7, 11) is 1.46. The Morgan fingerprint density at radius 2 is 2.25 bits per heavy atom. The minimum absolute atomic E-state index is 0.0110. The van der Waals surface area contributed by atoms with Gasteiger partial charge in [0, 0.05) is 0 Å². The molecule has 0 amide bonds. The number of methoxy groups -OCH3 is 1. The summed E-state index contributed by atoms with van der Waals surface area (Å²) in [4.78, 5) is 11.1. The fraction of sp³-hybridized carbons (Fsp3) is 0.364. The standard InChI is InChI=1S/C11H15NO4/c1-7(12)11(14)16-6-8-3-4-10(15-2)9(13)5-8/h3-5,7,13H,6,12H2,1-2H3/t7-/m0/s1. The zero-order valence-corrected chi connectivity index (χ0v) is 9.27. The van der Waals surface area contributed by atoms with Crippen LogP contribution in [0.15, 0.2) is 18.2 Å². The number of nitrogens with two attached hydrogens (primary N) is 1. The number of carbonyl (C=O) groups excluding carboxylic acids is 1. The third kappa shape index (κ3) is 3.13. The second-order valence-corrected chi connectivity index (χ2v) is 3.40. The van der Waals surface area contributed by atoms with Gasteiger partial charge in [0.1, 0.15) is 12.6 Å². The SMILES string of the molecule is COc1ccc(COC(=O)[C@H](C)N)cc1O. The van der Waals surface area contributed by atoms with Gasteiger partial charge in [-0.05, 0) is 24.6 Å². The van der Waals surface area contributed by atoms with Gasteiger partial charge >= 0.3 is 5.97 Å². The van der Waals surface area contributed by atoms with Gasteiger partial charge in [0.15, 0.2) is 11.5 Å². The summed E-state index contributed by atoms with van der Waals surface area (Å²) in [5, 5.41) is 9.48. The minimum Gasteiger partial charge on any atom is -0.504 e. The average molecular weight is 225 g/mol. The molecule has 0 saturated carbocycles. The maximum atomic E-state index is 11.1. The number of esters is 1. The van der Waals surface area contributed by atoms with E-state index in [-0.39, 0.29) is 12.4 Å². The lowest BCUT2D eigenvalue weighted by atomic mass is 10.2. The number of phenolic OH excluding ortho intramolecular Hbond substituents is 1. The fourth-order valence-electron chi connectivity index (χ4n) is 1.11. The lowest BCUT2D eigenvalue weighted by Gasteiger charge is -2.08. The van der Waals surface area contributed by atoms with Crippen LogP contribution in [0.2, 0.25) is 0 Å². The molecule has 0 aromatic heterocycles. The predicted octanol–water partition coefficient (Wildman–Crippen LogP) is 0.791. The van der Waals surface area contributed by atoms with Gasteiger partial charge in [0.2, 0.25) is 0 Å². The first-order valence-corrected chi connectivity index (χ1v) is 4.82. The Morgan fingerprint density at radius 3 is 2.75 bits per heavy atom. The summed E-state index contributed by atoms with van der Waals surface area (Å²) in [5.74, 6) is -0.0885. The van der Waals surface area contributed by atoms with Crippen LogP contribution in [0.1, 0.15) is 12.5 Å². The Balaban J connectivity index is 2.62. The number of aromatic hydroxyl groups is 1. The molecule has 5 nitrogen and oxygen atoms in total. The molecule has 0 aliphatic rings. The Bertz CT molecular complexity index is 376. The maximum Gasteiger partial charge on any atom is 0.322 e. The van der Waals surface area contributed by atoms with Crippen molar-refractivity contribution < 1.29 is 19.4 Å². The largest absolute Gasteiger partial charge is 0.504 e. The van der Waals surface area contributed by atoms with Gasteiger partial charge in [-0.1, -0.05) is 6.07 Å². The van der Waals surface area contributed by atoms with E-state index in [1.54, 1.807) is 19.1 Å². The smallest absolute Gasteiger partial charge is 0.322 e. The van der Waals surface area contributed by atoms with Crippen LogP contribution in [0.5, 0.6) is 11.5 Å². The van der Waals surface area contributed by atoms with Crippen LogP contribution in [-0.4, -0.2) is 24.2 Å². The molecule has 0 unspecified atom stereocenters. The normalized spacial score (nSPS) is 11.9. The lowest BCUT2D eigenvalue weighted by molar-refractivity contribution is -0.146. The first kappa shape index (κ1) is 12.3. The van der Waals surface area contributed by atoms with Crippen molar-refractivity contribution in [2.75, 3.05) is 7.11 Å². The van der Waals surface area contributed by atoms with Crippen molar-refractivity contribution in [2.24, 2.45) is 5.73 Å². The van der Waals surface area contributed by atoms with E-state index in [1.807, 2.05) is 0 Å².